The van der Waals surface area contributed by atoms with Crippen molar-refractivity contribution in [3.05, 3.63) is 82.5 Å². The number of piperidine rings is 1. The second-order valence-corrected chi connectivity index (χ2v) is 10.0. The van der Waals surface area contributed by atoms with Crippen LogP contribution in [0.1, 0.15) is 34.5 Å². The smallest absolute Gasteiger partial charge is 0.274 e. The van der Waals surface area contributed by atoms with Crippen LogP contribution in [0.15, 0.2) is 60.7 Å². The van der Waals surface area contributed by atoms with Gasteiger partial charge in [-0.25, -0.2) is 0 Å². The van der Waals surface area contributed by atoms with E-state index in [9.17, 15) is 4.79 Å². The molecule has 5 rings (SSSR count). The van der Waals surface area contributed by atoms with Crippen LogP contribution in [0, 0.1) is 12.8 Å². The molecule has 1 aromatic heterocycles. The third-order valence-corrected chi connectivity index (χ3v) is 7.49. The maximum atomic E-state index is 13.0. The first-order valence-electron chi connectivity index (χ1n) is 12.5. The summed E-state index contributed by atoms with van der Waals surface area (Å²) in [6.07, 6.45) is 3.43. The van der Waals surface area contributed by atoms with Crippen LogP contribution in [0.4, 0.5) is 11.5 Å². The molecule has 6 nitrogen and oxygen atoms in total. The summed E-state index contributed by atoms with van der Waals surface area (Å²) in [4.78, 5) is 19.5. The van der Waals surface area contributed by atoms with Gasteiger partial charge in [-0.1, -0.05) is 48.0 Å². The Bertz CT molecular complexity index is 1140. The molecular weight excluding hydrogens is 458 g/mol. The van der Waals surface area contributed by atoms with Crippen LogP contribution in [0.2, 0.25) is 5.02 Å². The van der Waals surface area contributed by atoms with E-state index in [0.29, 0.717) is 24.7 Å². The topological polar surface area (TPSA) is 52.6 Å². The fourth-order valence-corrected chi connectivity index (χ4v) is 5.32. The largest absolute Gasteiger partial charge is 0.368 e. The third-order valence-electron chi connectivity index (χ3n) is 7.25. The average Bonchev–Trinajstić information content (AvgIpc) is 2.91. The van der Waals surface area contributed by atoms with Gasteiger partial charge in [0.15, 0.2) is 11.5 Å². The van der Waals surface area contributed by atoms with Gasteiger partial charge in [0.25, 0.3) is 5.91 Å². The zero-order chi connectivity index (χ0) is 24.2. The molecule has 35 heavy (non-hydrogen) atoms. The minimum absolute atomic E-state index is 0.0481. The Morgan fingerprint density at radius 1 is 0.886 bits per heavy atom. The van der Waals surface area contributed by atoms with Crippen molar-refractivity contribution >= 4 is 29.0 Å². The van der Waals surface area contributed by atoms with Crippen molar-refractivity contribution in [2.75, 3.05) is 49.1 Å². The SMILES string of the molecule is Cc1ccc(Cl)cc1N1CCN(C(=O)c2ccc(N3CCC(Cc4ccccc4)CC3)nn2)CC1. The summed E-state index contributed by atoms with van der Waals surface area (Å²) in [6, 6.07) is 20.5. The molecule has 182 valence electrons. The highest BCUT2D eigenvalue weighted by Crippen LogP contribution is 2.26. The molecule has 0 aliphatic carbocycles. The minimum Gasteiger partial charge on any atom is -0.368 e. The first-order chi connectivity index (χ1) is 17.1. The number of amides is 1. The standard InChI is InChI=1S/C28H32ClN5O/c1-21-7-8-24(29)20-26(21)32-15-17-34(18-16-32)28(35)25-9-10-27(31-30-25)33-13-11-23(12-14-33)19-22-5-3-2-4-6-22/h2-10,20,23H,11-19H2,1H3. The van der Waals surface area contributed by atoms with Crippen molar-refractivity contribution in [1.82, 2.24) is 15.1 Å². The predicted molar refractivity (Wildman–Crippen MR) is 141 cm³/mol. The molecule has 2 aliphatic rings. The Labute approximate surface area is 212 Å². The van der Waals surface area contributed by atoms with Gasteiger partial charge in [0.2, 0.25) is 0 Å². The zero-order valence-electron chi connectivity index (χ0n) is 20.2. The van der Waals surface area contributed by atoms with Gasteiger partial charge >= 0.3 is 0 Å². The van der Waals surface area contributed by atoms with Crippen molar-refractivity contribution in [2.24, 2.45) is 5.92 Å². The monoisotopic (exact) mass is 489 g/mol. The Hall–Kier alpha value is -3.12. The average molecular weight is 490 g/mol. The van der Waals surface area contributed by atoms with Gasteiger partial charge < -0.3 is 14.7 Å². The fourth-order valence-electron chi connectivity index (χ4n) is 5.16. The number of hydrogen-bond acceptors (Lipinski definition) is 5. The summed E-state index contributed by atoms with van der Waals surface area (Å²) in [5.74, 6) is 1.52. The Kier molecular flexibility index (Phi) is 7.19. The van der Waals surface area contributed by atoms with Crippen molar-refractivity contribution in [3.8, 4) is 0 Å². The molecule has 1 amide bonds. The van der Waals surface area contributed by atoms with Gasteiger partial charge in [-0.05, 0) is 67.5 Å². The Morgan fingerprint density at radius 3 is 2.31 bits per heavy atom. The third kappa shape index (κ3) is 5.59. The van der Waals surface area contributed by atoms with Crippen LogP contribution in [-0.4, -0.2) is 60.3 Å². The maximum Gasteiger partial charge on any atom is 0.274 e. The first-order valence-corrected chi connectivity index (χ1v) is 12.9. The summed E-state index contributed by atoms with van der Waals surface area (Å²) in [6.45, 7) is 6.90. The number of aryl methyl sites for hydroxylation is 1. The molecule has 0 atom stereocenters. The minimum atomic E-state index is -0.0481. The number of carbonyl (C=O) groups excluding carboxylic acids is 1. The van der Waals surface area contributed by atoms with E-state index in [1.165, 1.54) is 11.1 Å². The number of anilines is 2. The van der Waals surface area contributed by atoms with E-state index in [4.69, 9.17) is 11.6 Å². The van der Waals surface area contributed by atoms with E-state index in [1.807, 2.05) is 35.2 Å². The predicted octanol–water partition coefficient (Wildman–Crippen LogP) is 4.86. The van der Waals surface area contributed by atoms with Gasteiger partial charge in [0.05, 0.1) is 0 Å². The van der Waals surface area contributed by atoms with Gasteiger partial charge in [0.1, 0.15) is 0 Å². The number of carbonyl (C=O) groups is 1. The zero-order valence-corrected chi connectivity index (χ0v) is 21.0. The number of hydrogen-bond donors (Lipinski definition) is 0. The lowest BCUT2D eigenvalue weighted by atomic mass is 9.90. The second-order valence-electron chi connectivity index (χ2n) is 9.61. The van der Waals surface area contributed by atoms with Crippen LogP contribution >= 0.6 is 11.6 Å². The molecule has 2 saturated heterocycles. The normalized spacial score (nSPS) is 17.0. The van der Waals surface area contributed by atoms with Crippen molar-refractivity contribution in [3.63, 3.8) is 0 Å². The van der Waals surface area contributed by atoms with Gasteiger partial charge in [-0.3, -0.25) is 4.79 Å². The number of halogens is 1. The molecule has 0 radical (unpaired) electrons. The van der Waals surface area contributed by atoms with E-state index in [0.717, 1.165) is 62.0 Å². The summed E-state index contributed by atoms with van der Waals surface area (Å²) in [7, 11) is 0. The number of nitrogens with zero attached hydrogens (tertiary/aromatic N) is 5. The Morgan fingerprint density at radius 2 is 1.63 bits per heavy atom. The van der Waals surface area contributed by atoms with Gasteiger partial charge in [0, 0.05) is 50.0 Å². The summed E-state index contributed by atoms with van der Waals surface area (Å²) in [5.41, 5.74) is 4.17. The molecule has 2 fully saturated rings. The fraction of sp³-hybridized carbons (Fsp3) is 0.393. The molecule has 0 bridgehead atoms. The lowest BCUT2D eigenvalue weighted by Gasteiger charge is -2.36. The van der Waals surface area contributed by atoms with Crippen LogP contribution < -0.4 is 9.80 Å². The summed E-state index contributed by atoms with van der Waals surface area (Å²) < 4.78 is 0. The maximum absolute atomic E-state index is 13.0. The second kappa shape index (κ2) is 10.6. The molecule has 0 saturated carbocycles. The molecule has 0 N–H and O–H groups in total. The number of benzene rings is 2. The quantitative estimate of drug-likeness (QED) is 0.512. The van der Waals surface area contributed by atoms with Crippen LogP contribution in [0.3, 0.4) is 0 Å². The van der Waals surface area contributed by atoms with Crippen LogP contribution in [-0.2, 0) is 6.42 Å². The Balaban J connectivity index is 1.13. The highest BCUT2D eigenvalue weighted by Gasteiger charge is 2.25. The van der Waals surface area contributed by atoms with E-state index in [-0.39, 0.29) is 5.91 Å². The van der Waals surface area contributed by atoms with Crippen molar-refractivity contribution in [1.29, 1.82) is 0 Å². The molecule has 2 aliphatic heterocycles. The van der Waals surface area contributed by atoms with E-state index in [1.54, 1.807) is 0 Å². The van der Waals surface area contributed by atoms with E-state index < -0.39 is 0 Å². The number of piperazine rings is 1. The molecule has 0 spiro atoms. The summed E-state index contributed by atoms with van der Waals surface area (Å²) >= 11 is 6.19. The molecular formula is C28H32ClN5O. The van der Waals surface area contributed by atoms with Crippen molar-refractivity contribution in [2.45, 2.75) is 26.2 Å². The highest BCUT2D eigenvalue weighted by atomic mass is 35.5. The molecule has 2 aromatic carbocycles. The van der Waals surface area contributed by atoms with E-state index in [2.05, 4.69) is 57.3 Å². The molecule has 7 heteroatoms. The molecule has 3 aromatic rings. The van der Waals surface area contributed by atoms with Crippen molar-refractivity contribution < 1.29 is 4.79 Å². The summed E-state index contributed by atoms with van der Waals surface area (Å²) in [5, 5.41) is 9.46. The highest BCUT2D eigenvalue weighted by molar-refractivity contribution is 6.30. The lowest BCUT2D eigenvalue weighted by molar-refractivity contribution is 0.0739. The first kappa shape index (κ1) is 23.6. The molecule has 3 heterocycles. The number of aromatic nitrogens is 2. The number of rotatable bonds is 5. The van der Waals surface area contributed by atoms with Crippen LogP contribution in [0.25, 0.3) is 0 Å². The van der Waals surface area contributed by atoms with Crippen LogP contribution in [0.5, 0.6) is 0 Å². The van der Waals surface area contributed by atoms with Gasteiger partial charge in [-0.2, -0.15) is 0 Å². The molecule has 0 unspecified atom stereocenters. The van der Waals surface area contributed by atoms with Gasteiger partial charge in [-0.15, -0.1) is 10.2 Å². The van der Waals surface area contributed by atoms with E-state index >= 15 is 0 Å². The lowest BCUT2D eigenvalue weighted by Crippen LogP contribution is -2.49.